The molecule has 10 N–H and O–H groups in total. The van der Waals surface area contributed by atoms with Crippen molar-refractivity contribution < 1.29 is 101 Å². The molecule has 0 aliphatic rings. The van der Waals surface area contributed by atoms with Gasteiger partial charge in [0.1, 0.15) is 6.04 Å². The number of urea groups is 1. The number of benzene rings is 1. The number of primary amides is 1. The average molecular weight is 1250 g/mol. The zero-order chi connectivity index (χ0) is 63.6. The maximum absolute atomic E-state index is 13.4. The molecule has 1 rings (SSSR count). The Labute approximate surface area is 512 Å². The smallest absolute Gasteiger partial charge is 0.312 e. The molecule has 0 aromatic heterocycles. The van der Waals surface area contributed by atoms with Crippen LogP contribution in [0.1, 0.15) is 70.8 Å². The lowest BCUT2D eigenvalue weighted by molar-refractivity contribution is -0.138. The van der Waals surface area contributed by atoms with E-state index in [0.717, 1.165) is 11.3 Å². The number of carbonyl (C=O) groups is 7. The summed E-state index contributed by atoms with van der Waals surface area (Å²) < 4.78 is 65.7. The SMILES string of the molecule is C/N=C(\CCCCNC(=O)CCOCCOCCOCCOCCOCCOCCOCCOCCOCCOCCOCCOCCNC(=O)CCC(=O)O)C(=O)N[C@H](C(=O)NCC(=O)[C@@H](CCCNC(N)=O)CNc1ccc(CO)cc1)C(C)C. The van der Waals surface area contributed by atoms with E-state index in [1.807, 2.05) is 0 Å². The van der Waals surface area contributed by atoms with Crippen molar-refractivity contribution in [3.05, 3.63) is 29.8 Å². The first kappa shape index (κ1) is 79.5. The normalized spacial score (nSPS) is 12.2. The number of nitrogens with one attached hydrogen (secondary N) is 6. The third-order valence-corrected chi connectivity index (χ3v) is 12.2. The molecule has 0 saturated heterocycles. The number of carboxylic acids is 1. The topological polar surface area (TPSA) is 381 Å². The highest BCUT2D eigenvalue weighted by Crippen LogP contribution is 2.14. The van der Waals surface area contributed by atoms with Crippen LogP contribution in [0.4, 0.5) is 10.5 Å². The number of hydrogen-bond donors (Lipinski definition) is 9. The molecule has 0 saturated carbocycles. The summed E-state index contributed by atoms with van der Waals surface area (Å²) in [5.74, 6) is -3.53. The monoisotopic (exact) mass is 1250 g/mol. The Balaban J connectivity index is 1.94. The fourth-order valence-corrected chi connectivity index (χ4v) is 7.41. The van der Waals surface area contributed by atoms with Crippen LogP contribution in [0, 0.1) is 11.8 Å². The number of aliphatic carboxylic acids is 1. The molecule has 29 nitrogen and oxygen atoms in total. The van der Waals surface area contributed by atoms with Gasteiger partial charge in [0.05, 0.1) is 184 Å². The number of aliphatic hydroxyl groups is 1. The quantitative estimate of drug-likeness (QED) is 0.0315. The van der Waals surface area contributed by atoms with Crippen molar-refractivity contribution in [2.75, 3.05) is 204 Å². The Morgan fingerprint density at radius 2 is 0.931 bits per heavy atom. The Bertz CT molecular complexity index is 1980. The molecule has 1 aromatic carbocycles. The number of Topliss-reactive ketones (excluding diaryl/α,β-unsaturated/α-hetero) is 1. The molecular weight excluding hydrogens is 1140 g/mol. The highest BCUT2D eigenvalue weighted by molar-refractivity contribution is 6.39. The van der Waals surface area contributed by atoms with Gasteiger partial charge in [-0.15, -0.1) is 0 Å². The van der Waals surface area contributed by atoms with Gasteiger partial charge in [0.15, 0.2) is 5.78 Å². The average Bonchev–Trinajstić information content (AvgIpc) is 3.71. The fraction of sp³-hybridized carbons (Fsp3) is 0.759. The van der Waals surface area contributed by atoms with Crippen LogP contribution in [0.5, 0.6) is 0 Å². The van der Waals surface area contributed by atoms with E-state index in [1.54, 1.807) is 38.1 Å². The molecule has 0 heterocycles. The van der Waals surface area contributed by atoms with Gasteiger partial charge in [-0.2, -0.15) is 0 Å². The van der Waals surface area contributed by atoms with Crippen molar-refractivity contribution in [2.24, 2.45) is 22.6 Å². The van der Waals surface area contributed by atoms with Crippen LogP contribution >= 0.6 is 0 Å². The molecule has 0 unspecified atom stereocenters. The van der Waals surface area contributed by atoms with Gasteiger partial charge in [-0.25, -0.2) is 4.79 Å². The van der Waals surface area contributed by atoms with Crippen LogP contribution in [0.25, 0.3) is 0 Å². The predicted octanol–water partition coefficient (Wildman–Crippen LogP) is 0.409. The van der Waals surface area contributed by atoms with E-state index < -0.39 is 35.8 Å². The van der Waals surface area contributed by atoms with E-state index >= 15 is 0 Å². The molecule has 29 heteroatoms. The molecule has 2 atom stereocenters. The van der Waals surface area contributed by atoms with Crippen molar-refractivity contribution in [1.29, 1.82) is 0 Å². The maximum Gasteiger partial charge on any atom is 0.312 e. The first-order chi connectivity index (χ1) is 42.3. The molecule has 0 spiro atoms. The minimum absolute atomic E-state index is 0.0502. The number of aliphatic imine (C=N–C) groups is 1. The van der Waals surface area contributed by atoms with Gasteiger partial charge in [0.25, 0.3) is 5.91 Å². The molecule has 0 aliphatic heterocycles. The third kappa shape index (κ3) is 49.1. The zero-order valence-corrected chi connectivity index (χ0v) is 51.6. The summed E-state index contributed by atoms with van der Waals surface area (Å²) >= 11 is 0. The summed E-state index contributed by atoms with van der Waals surface area (Å²) in [7, 11) is 1.50. The molecule has 0 radical (unpaired) electrons. The number of carboxylic acid groups (broad SMARTS) is 1. The Hall–Kier alpha value is -5.54. The number of ketones is 1. The molecule has 6 amide bonds. The zero-order valence-electron chi connectivity index (χ0n) is 51.6. The van der Waals surface area contributed by atoms with Crippen LogP contribution in [-0.2, 0) is 92.2 Å². The maximum atomic E-state index is 13.4. The van der Waals surface area contributed by atoms with Crippen LogP contribution < -0.4 is 37.6 Å². The van der Waals surface area contributed by atoms with Gasteiger partial charge in [0.2, 0.25) is 17.7 Å². The lowest BCUT2D eigenvalue weighted by atomic mass is 9.97. The molecule has 500 valence electrons. The number of unbranched alkanes of at least 4 members (excludes halogenated alkanes) is 1. The number of nitrogens with zero attached hydrogens (tertiary/aromatic N) is 1. The third-order valence-electron chi connectivity index (χ3n) is 12.2. The van der Waals surface area contributed by atoms with E-state index in [0.29, 0.717) is 197 Å². The number of carbonyl (C=O) groups excluding carboxylic acids is 6. The van der Waals surface area contributed by atoms with Gasteiger partial charge >= 0.3 is 12.0 Å². The minimum atomic E-state index is -1.01. The number of anilines is 1. The van der Waals surface area contributed by atoms with Crippen molar-refractivity contribution in [1.82, 2.24) is 26.6 Å². The van der Waals surface area contributed by atoms with Gasteiger partial charge < -0.3 is 105 Å². The predicted molar refractivity (Wildman–Crippen MR) is 320 cm³/mol. The van der Waals surface area contributed by atoms with Gasteiger partial charge in [-0.05, 0) is 55.7 Å². The molecule has 0 bridgehead atoms. The second-order valence-corrected chi connectivity index (χ2v) is 19.6. The van der Waals surface area contributed by atoms with E-state index in [-0.39, 0.29) is 81.3 Å². The van der Waals surface area contributed by atoms with Crippen molar-refractivity contribution >= 4 is 52.8 Å². The molecule has 0 aliphatic carbocycles. The number of nitrogens with two attached hydrogens (primary N) is 1. The highest BCUT2D eigenvalue weighted by Gasteiger charge is 2.27. The van der Waals surface area contributed by atoms with Gasteiger partial charge in [-0.1, -0.05) is 26.0 Å². The molecule has 87 heavy (non-hydrogen) atoms. The molecule has 1 aromatic rings. The van der Waals surface area contributed by atoms with Gasteiger partial charge in [-0.3, -0.25) is 33.8 Å². The summed E-state index contributed by atoms with van der Waals surface area (Å²) in [6.07, 6.45) is 2.32. The lowest BCUT2D eigenvalue weighted by Crippen LogP contribution is -2.52. The summed E-state index contributed by atoms with van der Waals surface area (Å²) in [4.78, 5) is 89.3. The summed E-state index contributed by atoms with van der Waals surface area (Å²) in [6.45, 7) is 14.3. The van der Waals surface area contributed by atoms with E-state index in [1.165, 1.54) is 7.05 Å². The molecule has 0 fully saturated rings. The first-order valence-corrected chi connectivity index (χ1v) is 30.0. The highest BCUT2D eigenvalue weighted by atomic mass is 16.6. The standard InChI is InChI=1S/C58H102N8O21/c1-46(2)55(57(74)65-44-51(68)48(7-6-17-63-58(59)75)43-64-49-11-9-47(45-67)10-12-49)66-56(73)50(60-3)8-4-5-16-61-53(70)15-19-76-21-23-78-25-27-80-29-31-82-33-35-84-37-39-86-41-42-87-40-38-85-36-34-83-32-30-81-28-26-79-24-22-77-20-18-62-52(69)13-14-54(71)72/h9-12,46,48,55,64,67H,4-8,13-45H2,1-3H3,(H,61,70)(H,62,69)(H,65,74)(H,66,73)(H,71,72)(H3,59,63,75)/b60-50+/t48-,55-/m0/s1. The number of aliphatic hydroxyl groups excluding tert-OH is 1. The molecular formula is C58H102N8O21. The lowest BCUT2D eigenvalue weighted by Gasteiger charge is -2.23. The van der Waals surface area contributed by atoms with E-state index in [9.17, 15) is 38.7 Å². The van der Waals surface area contributed by atoms with E-state index in [2.05, 4.69) is 36.9 Å². The van der Waals surface area contributed by atoms with Crippen molar-refractivity contribution in [3.8, 4) is 0 Å². The number of hydrogen-bond acceptors (Lipinski definition) is 22. The van der Waals surface area contributed by atoms with Gasteiger partial charge in [0, 0.05) is 57.7 Å². The number of rotatable bonds is 62. The largest absolute Gasteiger partial charge is 0.481 e. The van der Waals surface area contributed by atoms with Crippen LogP contribution in [0.3, 0.4) is 0 Å². The van der Waals surface area contributed by atoms with Crippen molar-refractivity contribution in [2.45, 2.75) is 77.9 Å². The minimum Gasteiger partial charge on any atom is -0.481 e. The summed E-state index contributed by atoms with van der Waals surface area (Å²) in [5.41, 5.74) is 6.93. The van der Waals surface area contributed by atoms with Crippen LogP contribution in [-0.4, -0.2) is 262 Å². The second kappa shape index (κ2) is 56.9. The van der Waals surface area contributed by atoms with E-state index in [4.69, 9.17) is 67.7 Å². The first-order valence-electron chi connectivity index (χ1n) is 30.0. The summed E-state index contributed by atoms with van der Waals surface area (Å²) in [5, 5.41) is 34.5. The van der Waals surface area contributed by atoms with Crippen LogP contribution in [0.2, 0.25) is 0 Å². The van der Waals surface area contributed by atoms with Crippen molar-refractivity contribution in [3.63, 3.8) is 0 Å². The summed E-state index contributed by atoms with van der Waals surface area (Å²) in [6, 6.07) is 5.54. The fourth-order valence-electron chi connectivity index (χ4n) is 7.41. The second-order valence-electron chi connectivity index (χ2n) is 19.6. The Morgan fingerprint density at radius 3 is 1.36 bits per heavy atom. The van der Waals surface area contributed by atoms with Crippen LogP contribution in [0.15, 0.2) is 29.3 Å². The number of amides is 6. The Kier molecular flexibility index (Phi) is 52.0. The number of ether oxygens (including phenoxy) is 12. The Morgan fingerprint density at radius 1 is 0.506 bits per heavy atom.